The minimum Gasteiger partial charge on any atom is -0.481 e. The number of benzene rings is 1. The monoisotopic (exact) mass is 477 g/mol. The maximum absolute atomic E-state index is 14.8. The van der Waals surface area contributed by atoms with Gasteiger partial charge in [0.25, 0.3) is 5.78 Å². The fourth-order valence-electron chi connectivity index (χ4n) is 3.63. The third-order valence-electron chi connectivity index (χ3n) is 5.15. The van der Waals surface area contributed by atoms with E-state index in [1.165, 1.54) is 11.0 Å². The van der Waals surface area contributed by atoms with Gasteiger partial charge in [0.15, 0.2) is 5.06 Å². The van der Waals surface area contributed by atoms with Gasteiger partial charge in [0.1, 0.15) is 35.1 Å². The molecule has 4 rings (SSSR count). The van der Waals surface area contributed by atoms with Crippen molar-refractivity contribution in [3.05, 3.63) is 46.5 Å². The Bertz CT molecular complexity index is 1140. The van der Waals surface area contributed by atoms with Gasteiger partial charge in [0, 0.05) is 11.1 Å². The molecule has 0 aliphatic carbocycles. The molecule has 8 nitrogen and oxygen atoms in total. The van der Waals surface area contributed by atoms with E-state index < -0.39 is 36.0 Å². The number of hydrogen-bond donors (Lipinski definition) is 1. The highest BCUT2D eigenvalue weighted by atomic mass is 32.1. The van der Waals surface area contributed by atoms with Crippen LogP contribution in [0.3, 0.4) is 0 Å². The Hall–Kier alpha value is -3.18. The van der Waals surface area contributed by atoms with Gasteiger partial charge in [-0.2, -0.15) is 0 Å². The van der Waals surface area contributed by atoms with Gasteiger partial charge < -0.3 is 19.1 Å². The van der Waals surface area contributed by atoms with E-state index in [1.807, 2.05) is 0 Å². The molecular formula is C22H21F2N3O5S. The zero-order chi connectivity index (χ0) is 23.7. The summed E-state index contributed by atoms with van der Waals surface area (Å²) < 4.78 is 45.8. The SMILES string of the molecule is CCOC(=O)C(=O)CN1C(=N)[C@H](C)N=C(c2c(F)cccc2F)c2c1sc1c2COCCO1. The van der Waals surface area contributed by atoms with Crippen LogP contribution in [0.15, 0.2) is 23.2 Å². The Morgan fingerprint density at radius 2 is 2.00 bits per heavy atom. The Morgan fingerprint density at radius 1 is 1.27 bits per heavy atom. The molecule has 0 spiro atoms. The average molecular weight is 477 g/mol. The fraction of sp³-hybridized carbons (Fsp3) is 0.364. The third kappa shape index (κ3) is 4.25. The number of ketones is 1. The van der Waals surface area contributed by atoms with Crippen molar-refractivity contribution >= 4 is 39.6 Å². The van der Waals surface area contributed by atoms with Crippen LogP contribution in [0.1, 0.15) is 30.5 Å². The van der Waals surface area contributed by atoms with E-state index in [-0.39, 0.29) is 36.9 Å². The van der Waals surface area contributed by atoms with Gasteiger partial charge >= 0.3 is 5.97 Å². The molecule has 2 aromatic rings. The van der Waals surface area contributed by atoms with Gasteiger partial charge in [-0.3, -0.25) is 15.2 Å². The normalized spacial score (nSPS) is 17.8. The highest BCUT2D eigenvalue weighted by Crippen LogP contribution is 2.46. The number of amidine groups is 1. The first-order valence-electron chi connectivity index (χ1n) is 10.3. The van der Waals surface area contributed by atoms with Gasteiger partial charge in [-0.05, 0) is 26.0 Å². The van der Waals surface area contributed by atoms with Crippen molar-refractivity contribution in [2.45, 2.75) is 26.5 Å². The molecular weight excluding hydrogens is 456 g/mol. The van der Waals surface area contributed by atoms with Gasteiger partial charge in [-0.1, -0.05) is 17.4 Å². The number of hydrogen-bond acceptors (Lipinski definition) is 8. The first kappa shape index (κ1) is 23.0. The molecule has 1 aromatic heterocycles. The minimum atomic E-state index is -1.03. The van der Waals surface area contributed by atoms with Crippen molar-refractivity contribution in [3.63, 3.8) is 0 Å². The van der Waals surface area contributed by atoms with Crippen LogP contribution in [-0.4, -0.2) is 55.7 Å². The maximum Gasteiger partial charge on any atom is 0.376 e. The van der Waals surface area contributed by atoms with Crippen LogP contribution in [0.2, 0.25) is 0 Å². The summed E-state index contributed by atoms with van der Waals surface area (Å²) in [7, 11) is 0. The van der Waals surface area contributed by atoms with Crippen LogP contribution in [0.4, 0.5) is 13.8 Å². The number of carbonyl (C=O) groups excluding carboxylic acids is 2. The summed E-state index contributed by atoms with van der Waals surface area (Å²) in [5, 5.41) is 9.39. The smallest absolute Gasteiger partial charge is 0.376 e. The standard InChI is InChI=1S/C22H21F2N3O5S/c1-3-31-21(29)15(28)9-27-19(25)11(2)26-18(17-13(23)5-4-6-14(17)24)16-12-10-30-7-8-32-22(12)33-20(16)27/h4-6,11,25H,3,7-10H2,1-2H3/t11-/m0/s1. The van der Waals surface area contributed by atoms with Crippen LogP contribution >= 0.6 is 11.3 Å². The number of fused-ring (bicyclic) bond motifs is 3. The Kier molecular flexibility index (Phi) is 6.52. The zero-order valence-electron chi connectivity index (χ0n) is 17.9. The van der Waals surface area contributed by atoms with Crippen molar-refractivity contribution in [2.75, 3.05) is 31.3 Å². The van der Waals surface area contributed by atoms with E-state index >= 15 is 0 Å². The molecule has 0 saturated carbocycles. The number of ether oxygens (including phenoxy) is 3. The second kappa shape index (κ2) is 9.36. The number of nitrogens with one attached hydrogen (secondary N) is 1. The van der Waals surface area contributed by atoms with E-state index in [0.29, 0.717) is 27.8 Å². The molecule has 0 saturated heterocycles. The van der Waals surface area contributed by atoms with Gasteiger partial charge in [-0.15, -0.1) is 0 Å². The lowest BCUT2D eigenvalue weighted by Gasteiger charge is -2.23. The summed E-state index contributed by atoms with van der Waals surface area (Å²) in [6.45, 7) is 3.38. The lowest BCUT2D eigenvalue weighted by Crippen LogP contribution is -2.41. The molecule has 0 fully saturated rings. The average Bonchev–Trinajstić information content (AvgIpc) is 2.91. The van der Waals surface area contributed by atoms with Gasteiger partial charge in [0.05, 0.1) is 37.6 Å². The second-order valence-corrected chi connectivity index (χ2v) is 8.28. The van der Waals surface area contributed by atoms with E-state index in [1.54, 1.807) is 13.8 Å². The molecule has 2 aliphatic rings. The summed E-state index contributed by atoms with van der Waals surface area (Å²) in [6, 6.07) is 2.64. The van der Waals surface area contributed by atoms with Crippen molar-refractivity contribution in [2.24, 2.45) is 4.99 Å². The van der Waals surface area contributed by atoms with E-state index in [9.17, 15) is 18.4 Å². The van der Waals surface area contributed by atoms with Crippen LogP contribution in [0.5, 0.6) is 5.06 Å². The predicted molar refractivity (Wildman–Crippen MR) is 118 cm³/mol. The summed E-state index contributed by atoms with van der Waals surface area (Å²) in [4.78, 5) is 30.3. The molecule has 11 heteroatoms. The van der Waals surface area contributed by atoms with E-state index in [0.717, 1.165) is 23.5 Å². The van der Waals surface area contributed by atoms with Crippen molar-refractivity contribution in [3.8, 4) is 5.06 Å². The maximum atomic E-state index is 14.8. The van der Waals surface area contributed by atoms with Gasteiger partial charge in [0.2, 0.25) is 0 Å². The zero-order valence-corrected chi connectivity index (χ0v) is 18.8. The summed E-state index contributed by atoms with van der Waals surface area (Å²) in [5.74, 6) is -3.63. The first-order chi connectivity index (χ1) is 15.8. The topological polar surface area (TPSA) is 101 Å². The molecule has 0 amide bonds. The molecule has 1 aromatic carbocycles. The van der Waals surface area contributed by atoms with Crippen LogP contribution in [-0.2, 0) is 25.7 Å². The minimum absolute atomic E-state index is 0.00414. The highest BCUT2D eigenvalue weighted by molar-refractivity contribution is 7.18. The van der Waals surface area contributed by atoms with E-state index in [4.69, 9.17) is 19.6 Å². The Morgan fingerprint density at radius 3 is 2.70 bits per heavy atom. The molecule has 0 bridgehead atoms. The quantitative estimate of drug-likeness (QED) is 0.525. The van der Waals surface area contributed by atoms with Crippen LogP contribution < -0.4 is 9.64 Å². The molecule has 0 unspecified atom stereocenters. The number of nitrogens with zero attached hydrogens (tertiary/aromatic N) is 2. The fourth-order valence-corrected chi connectivity index (χ4v) is 4.82. The molecule has 174 valence electrons. The number of rotatable bonds is 5. The lowest BCUT2D eigenvalue weighted by atomic mass is 9.99. The summed E-state index contributed by atoms with van der Waals surface area (Å²) >= 11 is 1.11. The lowest BCUT2D eigenvalue weighted by molar-refractivity contribution is -0.152. The number of esters is 1. The molecule has 0 radical (unpaired) electrons. The number of Topliss-reactive ketones (excluding diaryl/α,β-unsaturated/α-hetero) is 1. The molecule has 33 heavy (non-hydrogen) atoms. The number of aliphatic imine (C=N–C) groups is 1. The van der Waals surface area contributed by atoms with Crippen molar-refractivity contribution in [1.82, 2.24) is 0 Å². The van der Waals surface area contributed by atoms with Crippen LogP contribution in [0.25, 0.3) is 0 Å². The Labute approximate surface area is 192 Å². The van der Waals surface area contributed by atoms with Crippen molar-refractivity contribution < 1.29 is 32.6 Å². The second-order valence-electron chi connectivity index (χ2n) is 7.31. The number of carbonyl (C=O) groups is 2. The third-order valence-corrected chi connectivity index (χ3v) is 6.32. The molecule has 3 heterocycles. The summed E-state index contributed by atoms with van der Waals surface area (Å²) in [6.07, 6.45) is 0. The molecule has 2 aliphatic heterocycles. The number of anilines is 1. The van der Waals surface area contributed by atoms with Crippen LogP contribution in [0, 0.1) is 17.0 Å². The van der Waals surface area contributed by atoms with Gasteiger partial charge in [-0.25, -0.2) is 13.6 Å². The molecule has 1 atom stereocenters. The van der Waals surface area contributed by atoms with E-state index in [2.05, 4.69) is 4.99 Å². The molecule has 1 N–H and O–H groups in total. The number of halogens is 2. The first-order valence-corrected chi connectivity index (χ1v) is 11.1. The largest absolute Gasteiger partial charge is 0.481 e. The predicted octanol–water partition coefficient (Wildman–Crippen LogP) is 3.09. The Balaban J connectivity index is 1.92. The summed E-state index contributed by atoms with van der Waals surface area (Å²) in [5.41, 5.74) is 0.480. The highest BCUT2D eigenvalue weighted by Gasteiger charge is 2.37. The number of thiophene rings is 1. The van der Waals surface area contributed by atoms with Crippen molar-refractivity contribution in [1.29, 1.82) is 5.41 Å².